The highest BCUT2D eigenvalue weighted by molar-refractivity contribution is 5.96. The number of aromatic nitrogens is 1. The van der Waals surface area contributed by atoms with E-state index in [1.165, 1.54) is 12.8 Å². The summed E-state index contributed by atoms with van der Waals surface area (Å²) in [6.07, 6.45) is 5.80. The van der Waals surface area contributed by atoms with E-state index in [1.807, 2.05) is 4.90 Å². The molecule has 0 spiro atoms. The molecule has 1 aromatic rings. The molecular formula is C16H19N3O2. The summed E-state index contributed by atoms with van der Waals surface area (Å²) in [4.78, 5) is 21.0. The third kappa shape index (κ3) is 3.23. The van der Waals surface area contributed by atoms with Crippen LogP contribution in [0.1, 0.15) is 28.8 Å². The maximum absolute atomic E-state index is 12.6. The Morgan fingerprint density at radius 2 is 2.10 bits per heavy atom. The Morgan fingerprint density at radius 3 is 2.76 bits per heavy atom. The van der Waals surface area contributed by atoms with E-state index in [2.05, 4.69) is 21.7 Å². The first-order chi connectivity index (χ1) is 10.3. The van der Waals surface area contributed by atoms with E-state index < -0.39 is 0 Å². The van der Waals surface area contributed by atoms with Gasteiger partial charge in [-0.05, 0) is 18.9 Å². The minimum atomic E-state index is -0.220. The number of carbonyl (C=O) groups is 1. The predicted molar refractivity (Wildman–Crippen MR) is 78.7 cm³/mol. The van der Waals surface area contributed by atoms with E-state index in [0.29, 0.717) is 11.1 Å². The molecule has 0 unspecified atom stereocenters. The maximum Gasteiger partial charge on any atom is 0.255 e. The Hall–Kier alpha value is -1.90. The zero-order valence-corrected chi connectivity index (χ0v) is 12.0. The molecule has 0 radical (unpaired) electrons. The highest BCUT2D eigenvalue weighted by atomic mass is 16.2. The predicted octanol–water partition coefficient (Wildman–Crippen LogP) is 0.346. The van der Waals surface area contributed by atoms with Crippen LogP contribution in [0.5, 0.6) is 0 Å². The summed E-state index contributed by atoms with van der Waals surface area (Å²) < 4.78 is 0. The lowest BCUT2D eigenvalue weighted by Gasteiger charge is -2.35. The van der Waals surface area contributed by atoms with Crippen LogP contribution in [-0.2, 0) is 0 Å². The number of pyridine rings is 1. The lowest BCUT2D eigenvalue weighted by molar-refractivity contribution is 0.0627. The molecule has 1 N–H and O–H groups in total. The molecule has 1 saturated carbocycles. The first-order valence-electron chi connectivity index (χ1n) is 7.36. The highest BCUT2D eigenvalue weighted by Crippen LogP contribution is 2.27. The van der Waals surface area contributed by atoms with Gasteiger partial charge in [-0.15, -0.1) is 0 Å². The molecular weight excluding hydrogens is 266 g/mol. The average molecular weight is 285 g/mol. The Bertz CT molecular complexity index is 579. The van der Waals surface area contributed by atoms with Gasteiger partial charge in [-0.3, -0.25) is 14.7 Å². The standard InChI is InChI=1S/C16H19N3O2/c20-11-1-2-13-12-17-6-5-15(13)16(21)19-9-7-18(8-10-19)14-3-4-14/h5-6,12,14,20H,3-4,7-11H2. The monoisotopic (exact) mass is 285 g/mol. The lowest BCUT2D eigenvalue weighted by atomic mass is 10.1. The van der Waals surface area contributed by atoms with Crippen molar-refractivity contribution in [3.8, 4) is 11.8 Å². The fraction of sp³-hybridized carbons (Fsp3) is 0.500. The van der Waals surface area contributed by atoms with Gasteiger partial charge in [-0.1, -0.05) is 11.8 Å². The number of carbonyl (C=O) groups excluding carboxylic acids is 1. The van der Waals surface area contributed by atoms with Crippen LogP contribution >= 0.6 is 0 Å². The molecule has 0 bridgehead atoms. The number of piperazine rings is 1. The van der Waals surface area contributed by atoms with Gasteiger partial charge >= 0.3 is 0 Å². The molecule has 3 rings (SSSR count). The Labute approximate surface area is 124 Å². The van der Waals surface area contributed by atoms with Crippen molar-refractivity contribution < 1.29 is 9.90 Å². The van der Waals surface area contributed by atoms with Gasteiger partial charge in [0.15, 0.2) is 0 Å². The van der Waals surface area contributed by atoms with E-state index in [-0.39, 0.29) is 12.5 Å². The summed E-state index contributed by atoms with van der Waals surface area (Å²) in [6.45, 7) is 3.23. The van der Waals surface area contributed by atoms with Crippen molar-refractivity contribution in [3.63, 3.8) is 0 Å². The summed E-state index contributed by atoms with van der Waals surface area (Å²) in [5.74, 6) is 5.39. The van der Waals surface area contributed by atoms with Crippen LogP contribution in [-0.4, -0.2) is 64.6 Å². The zero-order chi connectivity index (χ0) is 14.7. The molecule has 0 atom stereocenters. The average Bonchev–Trinajstić information content (AvgIpc) is 3.37. The Morgan fingerprint density at radius 1 is 1.33 bits per heavy atom. The minimum absolute atomic E-state index is 0.00934. The largest absolute Gasteiger partial charge is 0.384 e. The van der Waals surface area contributed by atoms with Crippen molar-refractivity contribution >= 4 is 5.91 Å². The van der Waals surface area contributed by atoms with E-state index >= 15 is 0 Å². The summed E-state index contributed by atoms with van der Waals surface area (Å²) in [6, 6.07) is 2.46. The van der Waals surface area contributed by atoms with E-state index in [1.54, 1.807) is 18.5 Å². The zero-order valence-electron chi connectivity index (χ0n) is 12.0. The SMILES string of the molecule is O=C(c1ccncc1C#CCO)N1CCN(C2CC2)CC1. The fourth-order valence-electron chi connectivity index (χ4n) is 2.72. The Kier molecular flexibility index (Phi) is 4.18. The van der Waals surface area contributed by atoms with E-state index in [9.17, 15) is 4.79 Å². The van der Waals surface area contributed by atoms with Crippen LogP contribution in [0.25, 0.3) is 0 Å². The van der Waals surface area contributed by atoms with E-state index in [4.69, 9.17) is 5.11 Å². The second-order valence-corrected chi connectivity index (χ2v) is 5.44. The van der Waals surface area contributed by atoms with Crippen molar-refractivity contribution in [3.05, 3.63) is 29.6 Å². The fourth-order valence-corrected chi connectivity index (χ4v) is 2.72. The van der Waals surface area contributed by atoms with Crippen molar-refractivity contribution in [1.29, 1.82) is 0 Å². The number of amides is 1. The van der Waals surface area contributed by atoms with Gasteiger partial charge in [0.05, 0.1) is 11.1 Å². The number of aliphatic hydroxyl groups excluding tert-OH is 1. The molecule has 2 fully saturated rings. The number of rotatable bonds is 2. The second-order valence-electron chi connectivity index (χ2n) is 5.44. The molecule has 1 saturated heterocycles. The molecule has 5 nitrogen and oxygen atoms in total. The summed E-state index contributed by atoms with van der Waals surface area (Å²) in [5.41, 5.74) is 1.16. The van der Waals surface area contributed by atoms with Crippen LogP contribution in [0.2, 0.25) is 0 Å². The van der Waals surface area contributed by atoms with Gasteiger partial charge in [0.25, 0.3) is 5.91 Å². The number of hydrogen-bond acceptors (Lipinski definition) is 4. The summed E-state index contributed by atoms with van der Waals surface area (Å²) >= 11 is 0. The number of nitrogens with zero attached hydrogens (tertiary/aromatic N) is 3. The van der Waals surface area contributed by atoms with Crippen LogP contribution < -0.4 is 0 Å². The molecule has 1 aliphatic carbocycles. The number of hydrogen-bond donors (Lipinski definition) is 1. The molecule has 0 aromatic carbocycles. The molecule has 5 heteroatoms. The normalized spacial score (nSPS) is 19.0. The minimum Gasteiger partial charge on any atom is -0.384 e. The van der Waals surface area contributed by atoms with Crippen molar-refractivity contribution in [2.75, 3.05) is 32.8 Å². The third-order valence-electron chi connectivity index (χ3n) is 4.02. The molecule has 1 aromatic heterocycles. The quantitative estimate of drug-likeness (QED) is 0.797. The van der Waals surface area contributed by atoms with Gasteiger partial charge in [0.2, 0.25) is 0 Å². The molecule has 1 amide bonds. The maximum atomic E-state index is 12.6. The van der Waals surface area contributed by atoms with Crippen LogP contribution in [0, 0.1) is 11.8 Å². The lowest BCUT2D eigenvalue weighted by Crippen LogP contribution is -2.49. The van der Waals surface area contributed by atoms with Gasteiger partial charge < -0.3 is 10.0 Å². The van der Waals surface area contributed by atoms with Crippen LogP contribution in [0.4, 0.5) is 0 Å². The van der Waals surface area contributed by atoms with Crippen LogP contribution in [0.3, 0.4) is 0 Å². The molecule has 2 aliphatic rings. The highest BCUT2D eigenvalue weighted by Gasteiger charge is 2.32. The van der Waals surface area contributed by atoms with Gasteiger partial charge in [0.1, 0.15) is 6.61 Å². The van der Waals surface area contributed by atoms with Crippen molar-refractivity contribution in [2.24, 2.45) is 0 Å². The van der Waals surface area contributed by atoms with Gasteiger partial charge in [-0.2, -0.15) is 0 Å². The summed E-state index contributed by atoms with van der Waals surface area (Å²) in [7, 11) is 0. The molecule has 110 valence electrons. The molecule has 1 aliphatic heterocycles. The van der Waals surface area contributed by atoms with E-state index in [0.717, 1.165) is 32.2 Å². The third-order valence-corrected chi connectivity index (χ3v) is 4.02. The first kappa shape index (κ1) is 14.1. The van der Waals surface area contributed by atoms with Gasteiger partial charge in [-0.25, -0.2) is 0 Å². The first-order valence-corrected chi connectivity index (χ1v) is 7.36. The van der Waals surface area contributed by atoms with Crippen LogP contribution in [0.15, 0.2) is 18.5 Å². The van der Waals surface area contributed by atoms with Crippen molar-refractivity contribution in [1.82, 2.24) is 14.8 Å². The van der Waals surface area contributed by atoms with Crippen molar-refractivity contribution in [2.45, 2.75) is 18.9 Å². The Balaban J connectivity index is 1.70. The summed E-state index contributed by atoms with van der Waals surface area (Å²) in [5, 5.41) is 8.80. The topological polar surface area (TPSA) is 56.7 Å². The smallest absolute Gasteiger partial charge is 0.255 e. The second kappa shape index (κ2) is 6.25. The molecule has 2 heterocycles. The van der Waals surface area contributed by atoms with Gasteiger partial charge in [0, 0.05) is 44.6 Å². The molecule has 21 heavy (non-hydrogen) atoms. The number of aliphatic hydroxyl groups is 1.